The van der Waals surface area contributed by atoms with Gasteiger partial charge in [-0.25, -0.2) is 4.39 Å². The van der Waals surface area contributed by atoms with Gasteiger partial charge in [0.05, 0.1) is 13.2 Å². The maximum absolute atomic E-state index is 13.0. The van der Waals surface area contributed by atoms with Gasteiger partial charge in [-0.1, -0.05) is 12.1 Å². The minimum atomic E-state index is -0.591. The summed E-state index contributed by atoms with van der Waals surface area (Å²) in [6.45, 7) is 6.16. The number of hydrogen-bond donors (Lipinski definition) is 2. The summed E-state index contributed by atoms with van der Waals surface area (Å²) in [6.07, 6.45) is 2.66. The molecule has 0 bridgehead atoms. The highest BCUT2D eigenvalue weighted by atomic mass is 19.1. The van der Waals surface area contributed by atoms with Crippen LogP contribution in [0.25, 0.3) is 0 Å². The molecule has 3 nitrogen and oxygen atoms in total. The van der Waals surface area contributed by atoms with Gasteiger partial charge in [0.15, 0.2) is 11.6 Å². The number of halogens is 1. The van der Waals surface area contributed by atoms with E-state index < -0.39 is 5.82 Å². The Balaban J connectivity index is 2.13. The summed E-state index contributed by atoms with van der Waals surface area (Å²) in [5, 5.41) is 12.1. The molecule has 0 saturated heterocycles. The smallest absolute Gasteiger partial charge is 0.165 e. The fourth-order valence-electron chi connectivity index (χ4n) is 1.31. The Kier molecular flexibility index (Phi) is 6.29. The number of rotatable bonds is 8. The molecule has 94 valence electrons. The Morgan fingerprint density at radius 2 is 2.24 bits per heavy atom. The standard InChI is InChI=1S/C13H18FNO2/c1-2-3-7-17-8-6-15-10-11-4-5-13(16)12(14)9-11/h2,4-5,9,15-16H,1,3,6-8,10H2. The van der Waals surface area contributed by atoms with Crippen LogP contribution in [0.15, 0.2) is 30.9 Å². The molecule has 1 rings (SSSR count). The molecule has 0 fully saturated rings. The first-order valence-electron chi connectivity index (χ1n) is 5.61. The van der Waals surface area contributed by atoms with Gasteiger partial charge in [0.25, 0.3) is 0 Å². The van der Waals surface area contributed by atoms with Crippen LogP contribution in [0.2, 0.25) is 0 Å². The highest BCUT2D eigenvalue weighted by molar-refractivity contribution is 5.27. The number of aromatic hydroxyl groups is 1. The quantitative estimate of drug-likeness (QED) is 0.540. The Bertz CT molecular complexity index is 355. The average Bonchev–Trinajstić information content (AvgIpc) is 2.32. The molecule has 17 heavy (non-hydrogen) atoms. The topological polar surface area (TPSA) is 41.5 Å². The monoisotopic (exact) mass is 239 g/mol. The molecule has 0 unspecified atom stereocenters. The predicted molar refractivity (Wildman–Crippen MR) is 65.4 cm³/mol. The van der Waals surface area contributed by atoms with Crippen LogP contribution in [-0.4, -0.2) is 24.9 Å². The Hall–Kier alpha value is -1.39. The van der Waals surface area contributed by atoms with E-state index in [1.54, 1.807) is 6.07 Å². The summed E-state index contributed by atoms with van der Waals surface area (Å²) in [5.41, 5.74) is 0.798. The van der Waals surface area contributed by atoms with E-state index in [9.17, 15) is 4.39 Å². The van der Waals surface area contributed by atoms with E-state index in [0.717, 1.165) is 12.0 Å². The molecule has 0 radical (unpaired) electrons. The van der Waals surface area contributed by atoms with Crippen molar-refractivity contribution in [1.82, 2.24) is 5.32 Å². The first kappa shape index (κ1) is 13.7. The van der Waals surface area contributed by atoms with E-state index in [1.807, 2.05) is 6.08 Å². The number of hydrogen-bond acceptors (Lipinski definition) is 3. The zero-order chi connectivity index (χ0) is 12.5. The van der Waals surface area contributed by atoms with E-state index in [-0.39, 0.29) is 5.75 Å². The van der Waals surface area contributed by atoms with Crippen molar-refractivity contribution in [1.29, 1.82) is 0 Å². The molecule has 0 heterocycles. The zero-order valence-electron chi connectivity index (χ0n) is 9.79. The normalized spacial score (nSPS) is 10.4. The first-order chi connectivity index (χ1) is 8.24. The molecule has 4 heteroatoms. The minimum Gasteiger partial charge on any atom is -0.505 e. The number of phenols is 1. The van der Waals surface area contributed by atoms with Crippen molar-refractivity contribution in [3.63, 3.8) is 0 Å². The average molecular weight is 239 g/mol. The molecule has 0 amide bonds. The molecule has 0 aliphatic heterocycles. The molecule has 2 N–H and O–H groups in total. The number of phenolic OH excluding ortho intramolecular Hbond substituents is 1. The third kappa shape index (κ3) is 5.47. The molecule has 0 saturated carbocycles. The highest BCUT2D eigenvalue weighted by Gasteiger charge is 2.00. The number of ether oxygens (including phenoxy) is 1. The SMILES string of the molecule is C=CCCOCCNCc1ccc(O)c(F)c1. The molecular weight excluding hydrogens is 221 g/mol. The molecule has 0 aliphatic carbocycles. The van der Waals surface area contributed by atoms with Gasteiger partial charge >= 0.3 is 0 Å². The third-order valence-electron chi connectivity index (χ3n) is 2.23. The van der Waals surface area contributed by atoms with Crippen molar-refractivity contribution in [2.75, 3.05) is 19.8 Å². The van der Waals surface area contributed by atoms with Crippen LogP contribution >= 0.6 is 0 Å². The summed E-state index contributed by atoms with van der Waals surface area (Å²) >= 11 is 0. The molecular formula is C13H18FNO2. The van der Waals surface area contributed by atoms with Crippen LogP contribution in [0.5, 0.6) is 5.75 Å². The minimum absolute atomic E-state index is 0.318. The van der Waals surface area contributed by atoms with Gasteiger partial charge in [0.1, 0.15) is 0 Å². The Morgan fingerprint density at radius 1 is 1.41 bits per heavy atom. The van der Waals surface area contributed by atoms with Crippen molar-refractivity contribution in [3.05, 3.63) is 42.2 Å². The van der Waals surface area contributed by atoms with Crippen molar-refractivity contribution >= 4 is 0 Å². The fraction of sp³-hybridized carbons (Fsp3) is 0.385. The predicted octanol–water partition coefficient (Wildman–Crippen LogP) is 2.21. The lowest BCUT2D eigenvalue weighted by molar-refractivity contribution is 0.140. The summed E-state index contributed by atoms with van der Waals surface area (Å²) in [7, 11) is 0. The fourth-order valence-corrected chi connectivity index (χ4v) is 1.31. The van der Waals surface area contributed by atoms with Gasteiger partial charge in [-0.05, 0) is 24.1 Å². The van der Waals surface area contributed by atoms with E-state index >= 15 is 0 Å². The van der Waals surface area contributed by atoms with Gasteiger partial charge < -0.3 is 15.2 Å². The van der Waals surface area contributed by atoms with Crippen LogP contribution in [0, 0.1) is 5.82 Å². The number of benzene rings is 1. The maximum atomic E-state index is 13.0. The second kappa shape index (κ2) is 7.81. The largest absolute Gasteiger partial charge is 0.505 e. The van der Waals surface area contributed by atoms with Gasteiger partial charge in [0.2, 0.25) is 0 Å². The third-order valence-corrected chi connectivity index (χ3v) is 2.23. The molecule has 0 spiro atoms. The zero-order valence-corrected chi connectivity index (χ0v) is 9.79. The van der Waals surface area contributed by atoms with Crippen molar-refractivity contribution in [2.45, 2.75) is 13.0 Å². The van der Waals surface area contributed by atoms with Crippen LogP contribution in [0.4, 0.5) is 4.39 Å². The van der Waals surface area contributed by atoms with Crippen LogP contribution < -0.4 is 5.32 Å². The highest BCUT2D eigenvalue weighted by Crippen LogP contribution is 2.15. The summed E-state index contributed by atoms with van der Waals surface area (Å²) in [5.74, 6) is -0.909. The van der Waals surface area contributed by atoms with Crippen molar-refractivity contribution in [2.24, 2.45) is 0 Å². The van der Waals surface area contributed by atoms with Crippen LogP contribution in [-0.2, 0) is 11.3 Å². The van der Waals surface area contributed by atoms with Crippen LogP contribution in [0.1, 0.15) is 12.0 Å². The lowest BCUT2D eigenvalue weighted by Crippen LogP contribution is -2.19. The van der Waals surface area contributed by atoms with Gasteiger partial charge in [-0.2, -0.15) is 0 Å². The van der Waals surface area contributed by atoms with E-state index in [4.69, 9.17) is 9.84 Å². The van der Waals surface area contributed by atoms with E-state index in [1.165, 1.54) is 12.1 Å². The van der Waals surface area contributed by atoms with E-state index in [0.29, 0.717) is 26.3 Å². The van der Waals surface area contributed by atoms with Crippen molar-refractivity contribution < 1.29 is 14.2 Å². The molecule has 0 aliphatic rings. The Morgan fingerprint density at radius 3 is 2.94 bits per heavy atom. The summed E-state index contributed by atoms with van der Waals surface area (Å²) < 4.78 is 18.3. The van der Waals surface area contributed by atoms with Gasteiger partial charge in [-0.15, -0.1) is 6.58 Å². The summed E-state index contributed by atoms with van der Waals surface area (Å²) in [6, 6.07) is 4.36. The molecule has 0 aromatic heterocycles. The molecule has 1 aromatic rings. The second-order valence-corrected chi connectivity index (χ2v) is 3.65. The number of nitrogens with one attached hydrogen (secondary N) is 1. The maximum Gasteiger partial charge on any atom is 0.165 e. The second-order valence-electron chi connectivity index (χ2n) is 3.65. The lowest BCUT2D eigenvalue weighted by atomic mass is 10.2. The van der Waals surface area contributed by atoms with Crippen molar-refractivity contribution in [3.8, 4) is 5.75 Å². The van der Waals surface area contributed by atoms with Gasteiger partial charge in [-0.3, -0.25) is 0 Å². The first-order valence-corrected chi connectivity index (χ1v) is 5.61. The lowest BCUT2D eigenvalue weighted by Gasteiger charge is -2.06. The molecule has 1 aromatic carbocycles. The van der Waals surface area contributed by atoms with E-state index in [2.05, 4.69) is 11.9 Å². The molecule has 0 atom stereocenters. The van der Waals surface area contributed by atoms with Crippen LogP contribution in [0.3, 0.4) is 0 Å². The Labute approximate surface area is 101 Å². The summed E-state index contributed by atoms with van der Waals surface area (Å²) in [4.78, 5) is 0. The van der Waals surface area contributed by atoms with Gasteiger partial charge in [0, 0.05) is 13.1 Å².